The van der Waals surface area contributed by atoms with E-state index in [-0.39, 0.29) is 19.7 Å². The van der Waals surface area contributed by atoms with Gasteiger partial charge in [-0.05, 0) is 25.7 Å². The maximum atomic E-state index is 2.62. The molecule has 0 aromatic rings. The number of unbranched alkanes of at least 4 members (excludes halogenated alkanes) is 5. The lowest BCUT2D eigenvalue weighted by molar-refractivity contribution is -0.00000325. The SMILES string of the molecule is CCCCCCCC[P+]1(C)CCCC1.[Cl-]. The van der Waals surface area contributed by atoms with Crippen molar-refractivity contribution in [3.63, 3.8) is 0 Å². The van der Waals surface area contributed by atoms with Crippen LogP contribution >= 0.6 is 7.26 Å². The molecule has 0 spiro atoms. The number of halogens is 1. The summed E-state index contributed by atoms with van der Waals surface area (Å²) in [5.74, 6) is 0. The van der Waals surface area contributed by atoms with E-state index in [1.54, 1.807) is 31.3 Å². The number of rotatable bonds is 7. The van der Waals surface area contributed by atoms with Gasteiger partial charge in [0, 0.05) is 13.9 Å². The highest BCUT2D eigenvalue weighted by molar-refractivity contribution is 7.75. The third kappa shape index (κ3) is 6.80. The maximum absolute atomic E-state index is 2.62. The van der Waals surface area contributed by atoms with Gasteiger partial charge in [0.2, 0.25) is 0 Å². The predicted octanol–water partition coefficient (Wildman–Crippen LogP) is 1.79. The molecule has 0 N–H and O–H groups in total. The standard InChI is InChI=1S/C13H28P.ClH/c1-3-4-5-6-7-8-11-14(2)12-9-10-13-14;/h3-13H2,1-2H3;1H/q+1;/p-1. The highest BCUT2D eigenvalue weighted by atomic mass is 35.5. The third-order valence-corrected chi connectivity index (χ3v) is 7.89. The van der Waals surface area contributed by atoms with Crippen LogP contribution in [0.4, 0.5) is 0 Å². The normalized spacial score (nSPS) is 18.8. The quantitative estimate of drug-likeness (QED) is 0.478. The van der Waals surface area contributed by atoms with Gasteiger partial charge in [-0.25, -0.2) is 0 Å². The molecule has 0 bridgehead atoms. The van der Waals surface area contributed by atoms with Gasteiger partial charge >= 0.3 is 0 Å². The average Bonchev–Trinajstić information content (AvgIpc) is 2.59. The summed E-state index contributed by atoms with van der Waals surface area (Å²) >= 11 is 0. The van der Waals surface area contributed by atoms with Crippen LogP contribution in [0, 0.1) is 0 Å². The van der Waals surface area contributed by atoms with Gasteiger partial charge in [-0.1, -0.05) is 32.6 Å². The molecule has 0 unspecified atom stereocenters. The van der Waals surface area contributed by atoms with Crippen molar-refractivity contribution in [3.05, 3.63) is 0 Å². The summed E-state index contributed by atoms with van der Waals surface area (Å²) in [6.45, 7) is 4.91. The second-order valence-corrected chi connectivity index (χ2v) is 9.85. The zero-order valence-electron chi connectivity index (χ0n) is 10.6. The summed E-state index contributed by atoms with van der Waals surface area (Å²) in [5, 5.41) is 0. The molecule has 0 nitrogen and oxygen atoms in total. The highest BCUT2D eigenvalue weighted by Gasteiger charge is 2.34. The first kappa shape index (κ1) is 15.7. The molecule has 0 aliphatic carbocycles. The fourth-order valence-corrected chi connectivity index (χ4v) is 6.23. The van der Waals surface area contributed by atoms with E-state index in [1.807, 2.05) is 0 Å². The molecular weight excluding hydrogens is 223 g/mol. The second kappa shape index (κ2) is 8.82. The minimum atomic E-state index is -0.376. The lowest BCUT2D eigenvalue weighted by Gasteiger charge is -2.16. The Morgan fingerprint density at radius 1 is 0.867 bits per heavy atom. The monoisotopic (exact) mass is 250 g/mol. The topological polar surface area (TPSA) is 0 Å². The van der Waals surface area contributed by atoms with Gasteiger partial charge in [-0.15, -0.1) is 0 Å². The van der Waals surface area contributed by atoms with E-state index in [0.717, 1.165) is 0 Å². The van der Waals surface area contributed by atoms with Gasteiger partial charge in [0.25, 0.3) is 0 Å². The summed E-state index contributed by atoms with van der Waals surface area (Å²) in [5.41, 5.74) is 0. The molecule has 1 fully saturated rings. The molecule has 1 aliphatic heterocycles. The lowest BCUT2D eigenvalue weighted by atomic mass is 10.1. The molecule has 0 aromatic heterocycles. The highest BCUT2D eigenvalue weighted by Crippen LogP contribution is 2.60. The molecule has 1 rings (SSSR count). The summed E-state index contributed by atoms with van der Waals surface area (Å²) in [4.78, 5) is 0. The maximum Gasteiger partial charge on any atom is 0.0593 e. The molecule has 1 saturated heterocycles. The van der Waals surface area contributed by atoms with Gasteiger partial charge < -0.3 is 12.4 Å². The van der Waals surface area contributed by atoms with E-state index >= 15 is 0 Å². The van der Waals surface area contributed by atoms with E-state index in [0.29, 0.717) is 0 Å². The first-order chi connectivity index (χ1) is 6.77. The first-order valence-electron chi connectivity index (χ1n) is 6.60. The van der Waals surface area contributed by atoms with Crippen LogP contribution in [-0.2, 0) is 0 Å². The molecule has 0 amide bonds. The number of hydrogen-bond donors (Lipinski definition) is 0. The van der Waals surface area contributed by atoms with Crippen LogP contribution < -0.4 is 12.4 Å². The van der Waals surface area contributed by atoms with E-state index in [4.69, 9.17) is 0 Å². The van der Waals surface area contributed by atoms with Crippen molar-refractivity contribution in [2.75, 3.05) is 25.2 Å². The Balaban J connectivity index is 0.00000196. The summed E-state index contributed by atoms with van der Waals surface area (Å²) in [6.07, 6.45) is 16.8. The fraction of sp³-hybridized carbons (Fsp3) is 1.00. The molecule has 92 valence electrons. The Bertz CT molecular complexity index is 141. The molecule has 0 atom stereocenters. The van der Waals surface area contributed by atoms with Crippen LogP contribution in [0.15, 0.2) is 0 Å². The van der Waals surface area contributed by atoms with Crippen LogP contribution in [-0.4, -0.2) is 25.2 Å². The van der Waals surface area contributed by atoms with Gasteiger partial charge in [-0.2, -0.15) is 0 Å². The van der Waals surface area contributed by atoms with Crippen LogP contribution in [0.3, 0.4) is 0 Å². The first-order valence-corrected chi connectivity index (χ1v) is 9.39. The fourth-order valence-electron chi connectivity index (χ4n) is 2.60. The molecule has 1 heterocycles. The molecule has 15 heavy (non-hydrogen) atoms. The lowest BCUT2D eigenvalue weighted by Crippen LogP contribution is -3.00. The van der Waals surface area contributed by atoms with Gasteiger partial charge in [0.15, 0.2) is 0 Å². The van der Waals surface area contributed by atoms with E-state index < -0.39 is 0 Å². The van der Waals surface area contributed by atoms with Crippen LogP contribution in [0.5, 0.6) is 0 Å². The molecular formula is C13H28ClP. The largest absolute Gasteiger partial charge is 1.00 e. The van der Waals surface area contributed by atoms with Crippen molar-refractivity contribution in [1.29, 1.82) is 0 Å². The molecule has 2 heteroatoms. The zero-order valence-corrected chi connectivity index (χ0v) is 12.3. The van der Waals surface area contributed by atoms with Crippen LogP contribution in [0.1, 0.15) is 58.3 Å². The Labute approximate surface area is 103 Å². The Morgan fingerprint density at radius 2 is 1.40 bits per heavy atom. The minimum Gasteiger partial charge on any atom is -1.00 e. The molecule has 0 aromatic carbocycles. The molecule has 0 radical (unpaired) electrons. The van der Waals surface area contributed by atoms with E-state index in [9.17, 15) is 0 Å². The van der Waals surface area contributed by atoms with Gasteiger partial charge in [-0.3, -0.25) is 0 Å². The van der Waals surface area contributed by atoms with Crippen LogP contribution in [0.2, 0.25) is 0 Å². The zero-order chi connectivity index (χ0) is 10.3. The smallest absolute Gasteiger partial charge is 0.0593 e. The predicted molar refractivity (Wildman–Crippen MR) is 70.1 cm³/mol. The van der Waals surface area contributed by atoms with Gasteiger partial charge in [0.05, 0.1) is 18.5 Å². The molecule has 1 aliphatic rings. The third-order valence-electron chi connectivity index (χ3n) is 3.70. The number of hydrogen-bond acceptors (Lipinski definition) is 0. The Kier molecular flexibility index (Phi) is 9.25. The van der Waals surface area contributed by atoms with Gasteiger partial charge in [0.1, 0.15) is 0 Å². The summed E-state index contributed by atoms with van der Waals surface area (Å²) in [6, 6.07) is 0. The Morgan fingerprint density at radius 3 is 2.00 bits per heavy atom. The van der Waals surface area contributed by atoms with E-state index in [1.165, 1.54) is 38.5 Å². The summed E-state index contributed by atoms with van der Waals surface area (Å²) in [7, 11) is -0.376. The van der Waals surface area contributed by atoms with Crippen molar-refractivity contribution in [3.8, 4) is 0 Å². The second-order valence-electron chi connectivity index (χ2n) is 5.27. The Hall–Kier alpha value is 0.720. The van der Waals surface area contributed by atoms with E-state index in [2.05, 4.69) is 13.6 Å². The van der Waals surface area contributed by atoms with Crippen molar-refractivity contribution in [1.82, 2.24) is 0 Å². The van der Waals surface area contributed by atoms with Crippen molar-refractivity contribution in [2.24, 2.45) is 0 Å². The minimum absolute atomic E-state index is 0. The van der Waals surface area contributed by atoms with Crippen molar-refractivity contribution < 1.29 is 12.4 Å². The van der Waals surface area contributed by atoms with Crippen molar-refractivity contribution in [2.45, 2.75) is 58.3 Å². The average molecular weight is 251 g/mol. The summed E-state index contributed by atoms with van der Waals surface area (Å²) < 4.78 is 0. The molecule has 0 saturated carbocycles. The van der Waals surface area contributed by atoms with Crippen molar-refractivity contribution >= 4 is 7.26 Å². The van der Waals surface area contributed by atoms with Crippen LogP contribution in [0.25, 0.3) is 0 Å².